The van der Waals surface area contributed by atoms with Crippen LogP contribution in [-0.4, -0.2) is 83.2 Å². The highest BCUT2D eigenvalue weighted by Gasteiger charge is 2.50. The quantitative estimate of drug-likeness (QED) is 0.628. The zero-order valence-corrected chi connectivity index (χ0v) is 22.6. The van der Waals surface area contributed by atoms with Crippen molar-refractivity contribution >= 4 is 29.1 Å². The van der Waals surface area contributed by atoms with Crippen molar-refractivity contribution in [3.8, 4) is 0 Å². The van der Waals surface area contributed by atoms with Crippen LogP contribution in [0.5, 0.6) is 0 Å². The lowest BCUT2D eigenvalue weighted by Crippen LogP contribution is -2.47. The molecule has 1 aromatic heterocycles. The van der Waals surface area contributed by atoms with Crippen molar-refractivity contribution in [3.63, 3.8) is 0 Å². The summed E-state index contributed by atoms with van der Waals surface area (Å²) in [5, 5.41) is 8.75. The van der Waals surface area contributed by atoms with Crippen molar-refractivity contribution in [2.24, 2.45) is 5.92 Å². The minimum absolute atomic E-state index is 0.00195. The first-order valence-electron chi connectivity index (χ1n) is 13.8. The predicted octanol–water partition coefficient (Wildman–Crippen LogP) is 3.07. The molecule has 1 aromatic carbocycles. The first-order valence-corrected chi connectivity index (χ1v) is 14.1. The van der Waals surface area contributed by atoms with Crippen molar-refractivity contribution in [3.05, 3.63) is 45.7 Å². The number of nitrogens with one attached hydrogen (secondary N) is 1. The van der Waals surface area contributed by atoms with Crippen LogP contribution in [0.25, 0.3) is 0 Å². The fourth-order valence-corrected chi connectivity index (χ4v) is 6.75. The van der Waals surface area contributed by atoms with Gasteiger partial charge in [0, 0.05) is 80.7 Å². The molecule has 2 amide bonds. The number of piperidine rings is 1. The molecule has 1 N–H and O–H groups in total. The van der Waals surface area contributed by atoms with Crippen molar-refractivity contribution in [1.29, 1.82) is 0 Å². The van der Waals surface area contributed by atoms with E-state index in [4.69, 9.17) is 16.7 Å². The predicted molar refractivity (Wildman–Crippen MR) is 144 cm³/mol. The molecule has 8 nitrogen and oxygen atoms in total. The fraction of sp³-hybridized carbons (Fsp3) is 0.607. The number of hydrogen-bond acceptors (Lipinski definition) is 5. The van der Waals surface area contributed by atoms with Gasteiger partial charge in [-0.25, -0.2) is 0 Å². The van der Waals surface area contributed by atoms with Gasteiger partial charge in [-0.2, -0.15) is 5.10 Å². The molecule has 0 bridgehead atoms. The Labute approximate surface area is 223 Å². The van der Waals surface area contributed by atoms with Gasteiger partial charge in [0.05, 0.1) is 6.54 Å². The van der Waals surface area contributed by atoms with E-state index in [1.54, 1.807) is 6.92 Å². The number of nitrogens with zero attached hydrogens (tertiary/aromatic N) is 5. The Hall–Kier alpha value is -2.58. The van der Waals surface area contributed by atoms with Gasteiger partial charge in [0.25, 0.3) is 5.91 Å². The SMILES string of the molecule is CC(=O)NC1CCN(C(=O)c2nn(CCN3CCN(c4cccc(Cl)c4C)CC3)c3c2[C@@H]2C[C@@H]2C3)CC1. The second kappa shape index (κ2) is 9.95. The van der Waals surface area contributed by atoms with Crippen molar-refractivity contribution < 1.29 is 9.59 Å². The van der Waals surface area contributed by atoms with Gasteiger partial charge in [-0.05, 0) is 62.1 Å². The fourth-order valence-electron chi connectivity index (χ4n) is 6.58. The number of benzene rings is 1. The van der Waals surface area contributed by atoms with E-state index in [-0.39, 0.29) is 17.9 Å². The summed E-state index contributed by atoms with van der Waals surface area (Å²) in [5.41, 5.74) is 5.62. The van der Waals surface area contributed by atoms with Crippen LogP contribution >= 0.6 is 11.6 Å². The van der Waals surface area contributed by atoms with Gasteiger partial charge in [-0.15, -0.1) is 0 Å². The summed E-state index contributed by atoms with van der Waals surface area (Å²) in [6.07, 6.45) is 3.88. The number of halogens is 1. The molecule has 9 heteroatoms. The normalized spacial score (nSPS) is 23.6. The number of likely N-dealkylation sites (tertiary alicyclic amines) is 1. The smallest absolute Gasteiger partial charge is 0.274 e. The lowest BCUT2D eigenvalue weighted by molar-refractivity contribution is -0.119. The summed E-state index contributed by atoms with van der Waals surface area (Å²) in [4.78, 5) is 31.8. The van der Waals surface area contributed by atoms with E-state index in [9.17, 15) is 9.59 Å². The van der Waals surface area contributed by atoms with Crippen LogP contribution in [0.1, 0.15) is 59.4 Å². The van der Waals surface area contributed by atoms with E-state index >= 15 is 0 Å². The summed E-state index contributed by atoms with van der Waals surface area (Å²) in [6.45, 7) is 10.8. The first-order chi connectivity index (χ1) is 17.9. The molecule has 2 aliphatic heterocycles. The van der Waals surface area contributed by atoms with E-state index in [1.807, 2.05) is 17.0 Å². The third kappa shape index (κ3) is 4.86. The maximum absolute atomic E-state index is 13.5. The highest BCUT2D eigenvalue weighted by Crippen LogP contribution is 2.57. The summed E-state index contributed by atoms with van der Waals surface area (Å²) in [7, 11) is 0. The van der Waals surface area contributed by atoms with Crippen LogP contribution in [0.2, 0.25) is 5.02 Å². The van der Waals surface area contributed by atoms with Crippen LogP contribution in [-0.2, 0) is 17.8 Å². The molecule has 0 unspecified atom stereocenters. The van der Waals surface area contributed by atoms with Gasteiger partial charge in [0.15, 0.2) is 5.69 Å². The lowest BCUT2D eigenvalue weighted by atomic mass is 10.0. The molecular weight excluding hydrogens is 488 g/mol. The molecule has 1 saturated carbocycles. The third-order valence-electron chi connectivity index (χ3n) is 8.82. The summed E-state index contributed by atoms with van der Waals surface area (Å²) >= 11 is 6.35. The topological polar surface area (TPSA) is 73.7 Å². The maximum atomic E-state index is 13.5. The van der Waals surface area contributed by atoms with Crippen molar-refractivity contribution in [1.82, 2.24) is 24.9 Å². The van der Waals surface area contributed by atoms with Crippen molar-refractivity contribution in [2.75, 3.05) is 50.7 Å². The Morgan fingerprint density at radius 3 is 2.57 bits per heavy atom. The second-order valence-electron chi connectivity index (χ2n) is 11.2. The van der Waals surface area contributed by atoms with Crippen LogP contribution in [0, 0.1) is 12.8 Å². The number of fused-ring (bicyclic) bond motifs is 3. The average Bonchev–Trinajstić information content (AvgIpc) is 3.41. The Morgan fingerprint density at radius 1 is 1.08 bits per heavy atom. The molecule has 37 heavy (non-hydrogen) atoms. The highest BCUT2D eigenvalue weighted by atomic mass is 35.5. The summed E-state index contributed by atoms with van der Waals surface area (Å²) in [5.74, 6) is 1.32. The Bertz CT molecular complexity index is 1200. The highest BCUT2D eigenvalue weighted by molar-refractivity contribution is 6.31. The van der Waals surface area contributed by atoms with Crippen LogP contribution in [0.15, 0.2) is 18.2 Å². The Balaban J connectivity index is 1.08. The zero-order valence-electron chi connectivity index (χ0n) is 21.9. The molecule has 0 spiro atoms. The number of anilines is 1. The molecule has 0 radical (unpaired) electrons. The number of carbonyl (C=O) groups excluding carboxylic acids is 2. The van der Waals surface area contributed by atoms with E-state index in [0.29, 0.717) is 30.6 Å². The van der Waals surface area contributed by atoms with Crippen LogP contribution in [0.4, 0.5) is 5.69 Å². The number of aromatic nitrogens is 2. The largest absolute Gasteiger partial charge is 0.369 e. The van der Waals surface area contributed by atoms with Gasteiger partial charge < -0.3 is 15.1 Å². The molecule has 4 aliphatic rings. The van der Waals surface area contributed by atoms with Gasteiger partial charge >= 0.3 is 0 Å². The minimum atomic E-state index is 0.00195. The monoisotopic (exact) mass is 524 g/mol. The molecule has 2 atom stereocenters. The Kier molecular flexibility index (Phi) is 6.65. The standard InChI is InChI=1S/C28H37ClN6O2/c1-18-23(29)4-3-5-24(18)33-13-10-32(11-14-33)12-15-35-25-17-20-16-22(20)26(25)27(31-35)28(37)34-8-6-21(7-9-34)30-19(2)36/h3-5,20-22H,6-17H2,1-2H3,(H,30,36)/t20-,22-/m1/s1. The Morgan fingerprint density at radius 2 is 1.84 bits per heavy atom. The van der Waals surface area contributed by atoms with Gasteiger partial charge in [-0.3, -0.25) is 19.2 Å². The van der Waals surface area contributed by atoms with E-state index < -0.39 is 0 Å². The molecule has 2 saturated heterocycles. The molecular formula is C28H37ClN6O2. The first kappa shape index (κ1) is 24.7. The van der Waals surface area contributed by atoms with E-state index in [0.717, 1.165) is 69.1 Å². The second-order valence-corrected chi connectivity index (χ2v) is 11.6. The van der Waals surface area contributed by atoms with Crippen LogP contribution in [0.3, 0.4) is 0 Å². The van der Waals surface area contributed by atoms with Gasteiger partial charge in [0.2, 0.25) is 5.91 Å². The number of amides is 2. The molecule has 3 fully saturated rings. The summed E-state index contributed by atoms with van der Waals surface area (Å²) < 4.78 is 2.15. The summed E-state index contributed by atoms with van der Waals surface area (Å²) in [6, 6.07) is 6.32. The number of piperazine rings is 1. The van der Waals surface area contributed by atoms with Crippen molar-refractivity contribution in [2.45, 2.75) is 58.0 Å². The maximum Gasteiger partial charge on any atom is 0.274 e. The molecule has 198 valence electrons. The lowest BCUT2D eigenvalue weighted by Gasteiger charge is -2.37. The number of rotatable bonds is 6. The van der Waals surface area contributed by atoms with Gasteiger partial charge in [-0.1, -0.05) is 17.7 Å². The molecule has 6 rings (SSSR count). The van der Waals surface area contributed by atoms with Gasteiger partial charge in [0.1, 0.15) is 0 Å². The number of carbonyl (C=O) groups is 2. The zero-order chi connectivity index (χ0) is 25.7. The van der Waals surface area contributed by atoms with Crippen LogP contribution < -0.4 is 10.2 Å². The average molecular weight is 525 g/mol. The van der Waals surface area contributed by atoms with E-state index in [2.05, 4.69) is 32.8 Å². The number of hydrogen-bond donors (Lipinski definition) is 1. The minimum Gasteiger partial charge on any atom is -0.369 e. The van der Waals surface area contributed by atoms with E-state index in [1.165, 1.54) is 23.4 Å². The third-order valence-corrected chi connectivity index (χ3v) is 9.23. The molecule has 2 aromatic rings. The molecule has 2 aliphatic carbocycles. The molecule has 3 heterocycles.